The third-order valence-electron chi connectivity index (χ3n) is 5.73. The van der Waals surface area contributed by atoms with Gasteiger partial charge in [-0.15, -0.1) is 6.58 Å². The maximum Gasteiger partial charge on any atom is 0.332 e. The highest BCUT2D eigenvalue weighted by Gasteiger charge is 2.62. The Bertz CT molecular complexity index is 579. The molecular weight excluding hydrogens is 322 g/mol. The van der Waals surface area contributed by atoms with Crippen LogP contribution in [0, 0.1) is 29.1 Å². The van der Waals surface area contributed by atoms with Crippen LogP contribution in [0.25, 0.3) is 0 Å². The van der Waals surface area contributed by atoms with E-state index in [0.717, 1.165) is 0 Å². The summed E-state index contributed by atoms with van der Waals surface area (Å²) in [7, 11) is 0. The Hall–Kier alpha value is -1.85. The quantitative estimate of drug-likeness (QED) is 0.566. The number of hydrogen-bond acceptors (Lipinski definition) is 4. The molecule has 0 aromatic carbocycles. The third-order valence-corrected chi connectivity index (χ3v) is 5.73. The van der Waals surface area contributed by atoms with Crippen LogP contribution in [0.5, 0.6) is 0 Å². The smallest absolute Gasteiger partial charge is 0.332 e. The molecule has 2 aliphatic carbocycles. The molecule has 2 N–H and O–H groups in total. The van der Waals surface area contributed by atoms with Crippen LogP contribution in [0.2, 0.25) is 0 Å². The second kappa shape index (κ2) is 6.81. The minimum atomic E-state index is -1.07. The first-order chi connectivity index (χ1) is 11.6. The van der Waals surface area contributed by atoms with Crippen molar-refractivity contribution in [3.63, 3.8) is 0 Å². The van der Waals surface area contributed by atoms with Gasteiger partial charge < -0.3 is 15.2 Å². The number of nitrogens with one attached hydrogen (secondary N) is 1. The zero-order chi connectivity index (χ0) is 19.0. The van der Waals surface area contributed by atoms with Gasteiger partial charge in [-0.2, -0.15) is 0 Å². The van der Waals surface area contributed by atoms with E-state index < -0.39 is 29.3 Å². The minimum Gasteiger partial charge on any atom is -0.481 e. The fourth-order valence-corrected chi connectivity index (χ4v) is 3.88. The average Bonchev–Trinajstić information content (AvgIpc) is 3.02. The molecule has 2 rings (SSSR count). The molecule has 2 saturated carbocycles. The number of carboxylic acids is 1. The van der Waals surface area contributed by atoms with Gasteiger partial charge in [-0.1, -0.05) is 26.8 Å². The number of aliphatic carboxylic acids is 1. The minimum absolute atomic E-state index is 0.0647. The molecule has 2 aliphatic rings. The molecule has 0 bridgehead atoms. The van der Waals surface area contributed by atoms with Gasteiger partial charge >= 0.3 is 11.9 Å². The zero-order valence-corrected chi connectivity index (χ0v) is 15.5. The van der Waals surface area contributed by atoms with Gasteiger partial charge in [0.15, 0.2) is 0 Å². The standard InChI is InChI=1S/C19H29NO5/c1-6-11-10-19(11,17(24)25-7-2)20-15(21)13-8-12(18(3,4)5)9-14(13)16(22)23/h6,11-14H,1,7-10H2,2-5H3,(H,20,21)(H,22,23). The summed E-state index contributed by atoms with van der Waals surface area (Å²) in [5.41, 5.74) is -1.14. The first kappa shape index (κ1) is 19.5. The van der Waals surface area contributed by atoms with Gasteiger partial charge in [0.2, 0.25) is 5.91 Å². The van der Waals surface area contributed by atoms with E-state index in [1.54, 1.807) is 13.0 Å². The highest BCUT2D eigenvalue weighted by molar-refractivity contribution is 5.94. The number of ether oxygens (including phenoxy) is 1. The van der Waals surface area contributed by atoms with Crippen molar-refractivity contribution in [2.75, 3.05) is 6.61 Å². The molecule has 5 atom stereocenters. The molecule has 0 saturated heterocycles. The Kier molecular flexibility index (Phi) is 5.30. The van der Waals surface area contributed by atoms with Crippen LogP contribution in [0.3, 0.4) is 0 Å². The van der Waals surface area contributed by atoms with E-state index in [9.17, 15) is 19.5 Å². The highest BCUT2D eigenvalue weighted by Crippen LogP contribution is 2.48. The van der Waals surface area contributed by atoms with Crippen molar-refractivity contribution < 1.29 is 24.2 Å². The molecule has 0 spiro atoms. The largest absolute Gasteiger partial charge is 0.481 e. The number of hydrogen-bond donors (Lipinski definition) is 2. The summed E-state index contributed by atoms with van der Waals surface area (Å²) in [5, 5.41) is 12.3. The molecule has 2 fully saturated rings. The molecule has 6 heteroatoms. The number of carbonyl (C=O) groups excluding carboxylic acids is 2. The molecule has 0 aromatic rings. The number of carbonyl (C=O) groups is 3. The second-order valence-corrected chi connectivity index (χ2v) is 8.31. The third kappa shape index (κ3) is 3.72. The van der Waals surface area contributed by atoms with E-state index in [-0.39, 0.29) is 29.8 Å². The first-order valence-electron chi connectivity index (χ1n) is 8.91. The van der Waals surface area contributed by atoms with Gasteiger partial charge in [-0.05, 0) is 37.5 Å². The summed E-state index contributed by atoms with van der Waals surface area (Å²) in [4.78, 5) is 36.8. The Morgan fingerprint density at radius 1 is 1.28 bits per heavy atom. The van der Waals surface area contributed by atoms with Crippen molar-refractivity contribution in [3.8, 4) is 0 Å². The molecule has 0 heterocycles. The molecule has 140 valence electrons. The molecular formula is C19H29NO5. The molecule has 0 aromatic heterocycles. The van der Waals surface area contributed by atoms with Crippen molar-refractivity contribution in [1.82, 2.24) is 5.32 Å². The van der Waals surface area contributed by atoms with Crippen molar-refractivity contribution in [2.45, 2.75) is 52.5 Å². The Balaban J connectivity index is 2.16. The summed E-state index contributed by atoms with van der Waals surface area (Å²) in [6.45, 7) is 11.8. The predicted octanol–water partition coefficient (Wildman–Crippen LogP) is 2.38. The Morgan fingerprint density at radius 3 is 2.32 bits per heavy atom. The van der Waals surface area contributed by atoms with Crippen LogP contribution in [-0.4, -0.2) is 35.1 Å². The lowest BCUT2D eigenvalue weighted by Gasteiger charge is -2.27. The fourth-order valence-electron chi connectivity index (χ4n) is 3.88. The number of rotatable bonds is 6. The van der Waals surface area contributed by atoms with Crippen LogP contribution in [0.1, 0.15) is 47.0 Å². The van der Waals surface area contributed by atoms with Gasteiger partial charge in [0.05, 0.1) is 18.4 Å². The summed E-state index contributed by atoms with van der Waals surface area (Å²) in [6, 6.07) is 0. The average molecular weight is 351 g/mol. The van der Waals surface area contributed by atoms with Gasteiger partial charge in [-0.25, -0.2) is 4.79 Å². The van der Waals surface area contributed by atoms with Crippen molar-refractivity contribution in [3.05, 3.63) is 12.7 Å². The number of carboxylic acid groups (broad SMARTS) is 1. The Labute approximate surface area is 149 Å². The number of esters is 1. The molecule has 5 unspecified atom stereocenters. The predicted molar refractivity (Wildman–Crippen MR) is 92.6 cm³/mol. The van der Waals surface area contributed by atoms with Crippen LogP contribution in [-0.2, 0) is 19.1 Å². The van der Waals surface area contributed by atoms with Crippen LogP contribution in [0.4, 0.5) is 0 Å². The topological polar surface area (TPSA) is 92.7 Å². The van der Waals surface area contributed by atoms with E-state index in [1.165, 1.54) is 0 Å². The van der Waals surface area contributed by atoms with Gasteiger partial charge in [0.1, 0.15) is 5.54 Å². The lowest BCUT2D eigenvalue weighted by Crippen LogP contribution is -2.49. The van der Waals surface area contributed by atoms with Gasteiger partial charge in [0, 0.05) is 5.92 Å². The van der Waals surface area contributed by atoms with Crippen LogP contribution >= 0.6 is 0 Å². The lowest BCUT2D eigenvalue weighted by molar-refractivity contribution is -0.150. The molecule has 6 nitrogen and oxygen atoms in total. The lowest BCUT2D eigenvalue weighted by atomic mass is 9.79. The maximum atomic E-state index is 12.8. The first-order valence-corrected chi connectivity index (χ1v) is 8.91. The number of amides is 1. The van der Waals surface area contributed by atoms with Crippen molar-refractivity contribution in [1.29, 1.82) is 0 Å². The normalized spacial score (nSPS) is 34.2. The monoisotopic (exact) mass is 351 g/mol. The van der Waals surface area contributed by atoms with Crippen molar-refractivity contribution in [2.24, 2.45) is 29.1 Å². The summed E-state index contributed by atoms with van der Waals surface area (Å²) >= 11 is 0. The highest BCUT2D eigenvalue weighted by atomic mass is 16.5. The fraction of sp³-hybridized carbons (Fsp3) is 0.737. The van der Waals surface area contributed by atoms with E-state index in [0.29, 0.717) is 19.3 Å². The Morgan fingerprint density at radius 2 is 1.88 bits per heavy atom. The molecule has 1 amide bonds. The summed E-state index contributed by atoms with van der Waals surface area (Å²) in [5.74, 6) is -3.14. The van der Waals surface area contributed by atoms with Gasteiger partial charge in [-0.3, -0.25) is 9.59 Å². The van der Waals surface area contributed by atoms with Crippen LogP contribution < -0.4 is 5.32 Å². The maximum absolute atomic E-state index is 12.8. The van der Waals surface area contributed by atoms with Gasteiger partial charge in [0.25, 0.3) is 0 Å². The zero-order valence-electron chi connectivity index (χ0n) is 15.5. The van der Waals surface area contributed by atoms with E-state index in [4.69, 9.17) is 4.74 Å². The second-order valence-electron chi connectivity index (χ2n) is 8.31. The summed E-state index contributed by atoms with van der Waals surface area (Å²) < 4.78 is 5.10. The molecule has 25 heavy (non-hydrogen) atoms. The summed E-state index contributed by atoms with van der Waals surface area (Å²) in [6.07, 6.45) is 3.09. The van der Waals surface area contributed by atoms with E-state index >= 15 is 0 Å². The van der Waals surface area contributed by atoms with E-state index in [2.05, 4.69) is 32.7 Å². The van der Waals surface area contributed by atoms with E-state index in [1.807, 2.05) is 0 Å². The SMILES string of the molecule is C=CC1CC1(NC(=O)C1CC(C(C)(C)C)CC1C(=O)O)C(=O)OCC. The molecule has 0 radical (unpaired) electrons. The van der Waals surface area contributed by atoms with Crippen molar-refractivity contribution >= 4 is 17.8 Å². The van der Waals surface area contributed by atoms with Crippen LogP contribution in [0.15, 0.2) is 12.7 Å². The molecule has 0 aliphatic heterocycles.